The number of hydrogen-bond donors (Lipinski definition) is 1. The molecule has 104 valence electrons. The average Bonchev–Trinajstić information content (AvgIpc) is 2.38. The molecule has 0 aliphatic heterocycles. The van der Waals surface area contributed by atoms with E-state index in [1.807, 2.05) is 0 Å². The highest BCUT2D eigenvalue weighted by atomic mass is 15.1. The van der Waals surface area contributed by atoms with E-state index in [-0.39, 0.29) is 5.92 Å². The molecule has 2 atom stereocenters. The van der Waals surface area contributed by atoms with Crippen LogP contribution in [0.1, 0.15) is 52.4 Å². The van der Waals surface area contributed by atoms with Crippen LogP contribution in [0.4, 0.5) is 0 Å². The van der Waals surface area contributed by atoms with E-state index in [1.54, 1.807) is 0 Å². The number of nitrogens with zero attached hydrogens (tertiary/aromatic N) is 2. The van der Waals surface area contributed by atoms with Crippen LogP contribution in [0.2, 0.25) is 0 Å². The highest BCUT2D eigenvalue weighted by Gasteiger charge is 2.23. The van der Waals surface area contributed by atoms with Crippen molar-refractivity contribution in [1.29, 1.82) is 5.26 Å². The Morgan fingerprint density at radius 3 is 2.67 bits per heavy atom. The summed E-state index contributed by atoms with van der Waals surface area (Å²) in [6.07, 6.45) is 7.24. The lowest BCUT2D eigenvalue weighted by Gasteiger charge is -2.28. The van der Waals surface area contributed by atoms with Gasteiger partial charge in [0, 0.05) is 12.1 Å². The SMILES string of the molecule is CC(C)N(C)CCCCNC1CCCCC1C#N. The van der Waals surface area contributed by atoms with E-state index in [1.165, 1.54) is 38.6 Å². The molecule has 1 rings (SSSR count). The molecule has 0 aromatic heterocycles. The minimum Gasteiger partial charge on any atom is -0.313 e. The van der Waals surface area contributed by atoms with Crippen molar-refractivity contribution in [3.05, 3.63) is 0 Å². The molecule has 0 saturated heterocycles. The molecule has 3 heteroatoms. The molecule has 1 saturated carbocycles. The topological polar surface area (TPSA) is 39.1 Å². The minimum atomic E-state index is 0.247. The first-order valence-corrected chi connectivity index (χ1v) is 7.48. The van der Waals surface area contributed by atoms with Crippen LogP contribution in [-0.2, 0) is 0 Å². The second-order valence-corrected chi connectivity index (χ2v) is 5.86. The Bertz CT molecular complexity index is 257. The predicted molar refractivity (Wildman–Crippen MR) is 76.4 cm³/mol. The molecule has 1 aliphatic carbocycles. The van der Waals surface area contributed by atoms with E-state index in [4.69, 9.17) is 5.26 Å². The smallest absolute Gasteiger partial charge is 0.0672 e. The molecule has 1 N–H and O–H groups in total. The van der Waals surface area contributed by atoms with Gasteiger partial charge < -0.3 is 10.2 Å². The molecule has 1 aliphatic rings. The molecule has 0 spiro atoms. The molecule has 0 amide bonds. The van der Waals surface area contributed by atoms with E-state index < -0.39 is 0 Å². The number of rotatable bonds is 7. The van der Waals surface area contributed by atoms with Crippen molar-refractivity contribution in [3.63, 3.8) is 0 Å². The van der Waals surface area contributed by atoms with E-state index in [0.717, 1.165) is 13.0 Å². The normalized spacial score (nSPS) is 24.4. The number of unbranched alkanes of at least 4 members (excludes halogenated alkanes) is 1. The Labute approximate surface area is 113 Å². The van der Waals surface area contributed by atoms with Crippen LogP contribution in [0, 0.1) is 17.2 Å². The molecule has 0 aromatic rings. The molecule has 1 fully saturated rings. The summed E-state index contributed by atoms with van der Waals surface area (Å²) < 4.78 is 0. The van der Waals surface area contributed by atoms with Gasteiger partial charge in [0.1, 0.15) is 0 Å². The third-order valence-electron chi connectivity index (χ3n) is 4.16. The van der Waals surface area contributed by atoms with E-state index in [0.29, 0.717) is 12.1 Å². The standard InChI is InChI=1S/C15H29N3/c1-13(2)18(3)11-7-6-10-17-15-9-5-4-8-14(15)12-16/h13-15,17H,4-11H2,1-3H3. The highest BCUT2D eigenvalue weighted by molar-refractivity contribution is 4.94. The molecule has 0 radical (unpaired) electrons. The molecule has 0 heterocycles. The van der Waals surface area contributed by atoms with Crippen molar-refractivity contribution in [2.24, 2.45) is 5.92 Å². The average molecular weight is 251 g/mol. The van der Waals surface area contributed by atoms with Gasteiger partial charge in [0.05, 0.1) is 12.0 Å². The maximum atomic E-state index is 9.10. The maximum Gasteiger partial charge on any atom is 0.0672 e. The number of nitriles is 1. The van der Waals surface area contributed by atoms with Crippen LogP contribution in [0.15, 0.2) is 0 Å². The second-order valence-electron chi connectivity index (χ2n) is 5.86. The van der Waals surface area contributed by atoms with Crippen LogP contribution in [0.3, 0.4) is 0 Å². The van der Waals surface area contributed by atoms with Crippen molar-refractivity contribution >= 4 is 0 Å². The molecule has 3 nitrogen and oxygen atoms in total. The quantitative estimate of drug-likeness (QED) is 0.707. The Morgan fingerprint density at radius 1 is 1.28 bits per heavy atom. The van der Waals surface area contributed by atoms with Gasteiger partial charge >= 0.3 is 0 Å². The molecular weight excluding hydrogens is 222 g/mol. The fraction of sp³-hybridized carbons (Fsp3) is 0.933. The molecule has 18 heavy (non-hydrogen) atoms. The van der Waals surface area contributed by atoms with Crippen molar-refractivity contribution < 1.29 is 0 Å². The Morgan fingerprint density at radius 2 is 2.00 bits per heavy atom. The minimum absolute atomic E-state index is 0.247. The first kappa shape index (κ1) is 15.5. The fourth-order valence-corrected chi connectivity index (χ4v) is 2.56. The molecule has 2 unspecified atom stereocenters. The first-order chi connectivity index (χ1) is 8.65. The van der Waals surface area contributed by atoms with Gasteiger partial charge in [-0.2, -0.15) is 5.26 Å². The zero-order valence-electron chi connectivity index (χ0n) is 12.3. The van der Waals surface area contributed by atoms with Crippen molar-refractivity contribution in [1.82, 2.24) is 10.2 Å². The highest BCUT2D eigenvalue weighted by Crippen LogP contribution is 2.23. The predicted octanol–water partition coefficient (Wildman–Crippen LogP) is 2.78. The Kier molecular flexibility index (Phi) is 7.31. The summed E-state index contributed by atoms with van der Waals surface area (Å²) in [6, 6.07) is 3.55. The lowest BCUT2D eigenvalue weighted by molar-refractivity contribution is 0.263. The summed E-state index contributed by atoms with van der Waals surface area (Å²) in [5.41, 5.74) is 0. The van der Waals surface area contributed by atoms with E-state index in [9.17, 15) is 0 Å². The Balaban J connectivity index is 2.08. The lowest BCUT2D eigenvalue weighted by Crippen LogP contribution is -2.38. The number of hydrogen-bond acceptors (Lipinski definition) is 3. The van der Waals surface area contributed by atoms with Gasteiger partial charge in [-0.3, -0.25) is 0 Å². The fourth-order valence-electron chi connectivity index (χ4n) is 2.56. The summed E-state index contributed by atoms with van der Waals surface area (Å²) in [6.45, 7) is 6.70. The zero-order chi connectivity index (χ0) is 13.4. The van der Waals surface area contributed by atoms with Crippen molar-refractivity contribution in [3.8, 4) is 6.07 Å². The summed E-state index contributed by atoms with van der Waals surface area (Å²) in [5.74, 6) is 0.247. The van der Waals surface area contributed by atoms with Gasteiger partial charge in [-0.1, -0.05) is 12.8 Å². The largest absolute Gasteiger partial charge is 0.313 e. The second kappa shape index (κ2) is 8.50. The summed E-state index contributed by atoms with van der Waals surface area (Å²) >= 11 is 0. The van der Waals surface area contributed by atoms with E-state index in [2.05, 4.69) is 37.2 Å². The number of nitrogens with one attached hydrogen (secondary N) is 1. The molecular formula is C15H29N3. The van der Waals surface area contributed by atoms with Gasteiger partial charge in [-0.25, -0.2) is 0 Å². The summed E-state index contributed by atoms with van der Waals surface area (Å²) in [4.78, 5) is 2.39. The third kappa shape index (κ3) is 5.37. The van der Waals surface area contributed by atoms with Crippen LogP contribution < -0.4 is 5.32 Å². The van der Waals surface area contributed by atoms with Crippen LogP contribution >= 0.6 is 0 Å². The first-order valence-electron chi connectivity index (χ1n) is 7.48. The van der Waals surface area contributed by atoms with Crippen LogP contribution in [0.5, 0.6) is 0 Å². The van der Waals surface area contributed by atoms with Gasteiger partial charge in [0.2, 0.25) is 0 Å². The Hall–Kier alpha value is -0.590. The summed E-state index contributed by atoms with van der Waals surface area (Å²) in [7, 11) is 2.19. The molecule has 0 bridgehead atoms. The van der Waals surface area contributed by atoms with Gasteiger partial charge in [0.15, 0.2) is 0 Å². The molecule has 0 aromatic carbocycles. The van der Waals surface area contributed by atoms with E-state index >= 15 is 0 Å². The third-order valence-corrected chi connectivity index (χ3v) is 4.16. The lowest BCUT2D eigenvalue weighted by atomic mass is 9.85. The van der Waals surface area contributed by atoms with Gasteiger partial charge in [-0.05, 0) is 59.7 Å². The monoisotopic (exact) mass is 251 g/mol. The maximum absolute atomic E-state index is 9.10. The van der Waals surface area contributed by atoms with Crippen LogP contribution in [0.25, 0.3) is 0 Å². The van der Waals surface area contributed by atoms with Crippen LogP contribution in [-0.4, -0.2) is 37.1 Å². The van der Waals surface area contributed by atoms with Crippen molar-refractivity contribution in [2.45, 2.75) is 64.5 Å². The zero-order valence-corrected chi connectivity index (χ0v) is 12.3. The van der Waals surface area contributed by atoms with Crippen molar-refractivity contribution in [2.75, 3.05) is 20.1 Å². The van der Waals surface area contributed by atoms with Gasteiger partial charge in [-0.15, -0.1) is 0 Å². The van der Waals surface area contributed by atoms with Gasteiger partial charge in [0.25, 0.3) is 0 Å². The summed E-state index contributed by atoms with van der Waals surface area (Å²) in [5, 5.41) is 12.7.